The third-order valence-corrected chi connectivity index (χ3v) is 4.52. The molecule has 3 aromatic carbocycles. The van der Waals surface area contributed by atoms with Gasteiger partial charge in [0, 0.05) is 0 Å². The fraction of sp³-hybridized carbons (Fsp3) is 0.125. The van der Waals surface area contributed by atoms with E-state index in [1.54, 1.807) is 24.3 Å². The number of nitrogens with one attached hydrogen (secondary N) is 2. The van der Waals surface area contributed by atoms with E-state index in [4.69, 9.17) is 4.74 Å². The quantitative estimate of drug-likeness (QED) is 0.564. The maximum atomic E-state index is 13.6. The topological polar surface area (TPSA) is 84.5 Å². The minimum absolute atomic E-state index is 0.237. The van der Waals surface area contributed by atoms with Crippen LogP contribution in [-0.2, 0) is 9.53 Å². The number of amides is 2. The minimum Gasteiger partial charge on any atom is -0.452 e. The fourth-order valence-corrected chi connectivity index (χ4v) is 2.91. The standard InChI is InChI=1S/C24H21FN2O4/c1-16(17-9-3-2-4-10-17)26-23(29)19-12-6-8-14-21(19)27-22(28)15-31-24(30)18-11-5-7-13-20(18)25/h2-14,16H,15H2,1H3,(H,26,29)(H,27,28)/t16-/m0/s1. The summed E-state index contributed by atoms with van der Waals surface area (Å²) in [5.41, 5.74) is 1.22. The number of anilines is 1. The van der Waals surface area contributed by atoms with E-state index in [-0.39, 0.29) is 28.8 Å². The molecule has 0 heterocycles. The molecule has 0 aliphatic rings. The molecule has 7 heteroatoms. The summed E-state index contributed by atoms with van der Waals surface area (Å²) in [5.74, 6) is -2.70. The van der Waals surface area contributed by atoms with E-state index in [1.807, 2.05) is 37.3 Å². The lowest BCUT2D eigenvalue weighted by atomic mass is 10.1. The summed E-state index contributed by atoms with van der Waals surface area (Å²) in [5, 5.41) is 5.44. The molecule has 0 bridgehead atoms. The Morgan fingerprint density at radius 2 is 1.48 bits per heavy atom. The number of carbonyl (C=O) groups excluding carboxylic acids is 3. The predicted octanol–water partition coefficient (Wildman–Crippen LogP) is 4.11. The molecule has 3 aromatic rings. The highest BCUT2D eigenvalue weighted by Gasteiger charge is 2.18. The van der Waals surface area contributed by atoms with Gasteiger partial charge >= 0.3 is 5.97 Å². The average Bonchev–Trinajstić information content (AvgIpc) is 2.78. The van der Waals surface area contributed by atoms with E-state index in [9.17, 15) is 18.8 Å². The number of carbonyl (C=O) groups is 3. The van der Waals surface area contributed by atoms with Crippen LogP contribution in [0.25, 0.3) is 0 Å². The van der Waals surface area contributed by atoms with Gasteiger partial charge in [0.15, 0.2) is 6.61 Å². The Morgan fingerprint density at radius 3 is 2.19 bits per heavy atom. The average molecular weight is 420 g/mol. The second kappa shape index (κ2) is 10.2. The number of halogens is 1. The molecule has 0 saturated heterocycles. The monoisotopic (exact) mass is 420 g/mol. The molecule has 3 rings (SSSR count). The van der Waals surface area contributed by atoms with Crippen LogP contribution in [0.4, 0.5) is 10.1 Å². The lowest BCUT2D eigenvalue weighted by molar-refractivity contribution is -0.119. The van der Waals surface area contributed by atoms with Gasteiger partial charge in [-0.2, -0.15) is 0 Å². The summed E-state index contributed by atoms with van der Waals surface area (Å²) in [7, 11) is 0. The van der Waals surface area contributed by atoms with Gasteiger partial charge in [-0.05, 0) is 36.8 Å². The second-order valence-electron chi connectivity index (χ2n) is 6.76. The molecule has 1 atom stereocenters. The smallest absolute Gasteiger partial charge is 0.341 e. The molecular weight excluding hydrogens is 399 g/mol. The van der Waals surface area contributed by atoms with E-state index < -0.39 is 24.3 Å². The minimum atomic E-state index is -0.948. The van der Waals surface area contributed by atoms with E-state index >= 15 is 0 Å². The van der Waals surface area contributed by atoms with E-state index in [0.29, 0.717) is 0 Å². The lowest BCUT2D eigenvalue weighted by Gasteiger charge is -2.16. The largest absolute Gasteiger partial charge is 0.452 e. The zero-order valence-corrected chi connectivity index (χ0v) is 16.8. The van der Waals surface area contributed by atoms with Gasteiger partial charge in [-0.25, -0.2) is 9.18 Å². The molecule has 0 fully saturated rings. The summed E-state index contributed by atoms with van der Waals surface area (Å²) in [4.78, 5) is 36.9. The highest BCUT2D eigenvalue weighted by Crippen LogP contribution is 2.18. The van der Waals surface area contributed by atoms with Crippen molar-refractivity contribution in [3.63, 3.8) is 0 Å². The van der Waals surface area contributed by atoms with Crippen LogP contribution in [-0.4, -0.2) is 24.4 Å². The molecular formula is C24H21FN2O4. The van der Waals surface area contributed by atoms with E-state index in [2.05, 4.69) is 10.6 Å². The zero-order chi connectivity index (χ0) is 22.2. The second-order valence-corrected chi connectivity index (χ2v) is 6.76. The van der Waals surface area contributed by atoms with Gasteiger partial charge < -0.3 is 15.4 Å². The van der Waals surface area contributed by atoms with Crippen LogP contribution in [0.3, 0.4) is 0 Å². The Kier molecular flexibility index (Phi) is 7.11. The summed E-state index contributed by atoms with van der Waals surface area (Å²) in [6.45, 7) is 1.24. The van der Waals surface area contributed by atoms with Gasteiger partial charge in [-0.3, -0.25) is 9.59 Å². The van der Waals surface area contributed by atoms with Gasteiger partial charge in [-0.15, -0.1) is 0 Å². The first-order chi connectivity index (χ1) is 15.0. The molecule has 0 unspecified atom stereocenters. The van der Waals surface area contributed by atoms with Crippen molar-refractivity contribution in [3.8, 4) is 0 Å². The van der Waals surface area contributed by atoms with Gasteiger partial charge in [0.25, 0.3) is 11.8 Å². The lowest BCUT2D eigenvalue weighted by Crippen LogP contribution is -2.28. The molecule has 0 spiro atoms. The molecule has 0 radical (unpaired) electrons. The van der Waals surface area contributed by atoms with Crippen molar-refractivity contribution in [1.82, 2.24) is 5.32 Å². The van der Waals surface area contributed by atoms with Crippen LogP contribution in [0.5, 0.6) is 0 Å². The number of para-hydroxylation sites is 1. The van der Waals surface area contributed by atoms with Gasteiger partial charge in [-0.1, -0.05) is 54.6 Å². The Labute approximate surface area is 179 Å². The maximum absolute atomic E-state index is 13.6. The third-order valence-electron chi connectivity index (χ3n) is 4.52. The van der Waals surface area contributed by atoms with Crippen LogP contribution >= 0.6 is 0 Å². The van der Waals surface area contributed by atoms with Crippen molar-refractivity contribution in [1.29, 1.82) is 0 Å². The molecule has 2 N–H and O–H groups in total. The van der Waals surface area contributed by atoms with Crippen molar-refractivity contribution in [2.75, 3.05) is 11.9 Å². The summed E-state index contributed by atoms with van der Waals surface area (Å²) in [6, 6.07) is 21.0. The van der Waals surface area contributed by atoms with Crippen molar-refractivity contribution in [2.45, 2.75) is 13.0 Å². The van der Waals surface area contributed by atoms with Gasteiger partial charge in [0.1, 0.15) is 5.82 Å². The molecule has 0 saturated carbocycles. The molecule has 31 heavy (non-hydrogen) atoms. The molecule has 0 aromatic heterocycles. The first-order valence-electron chi connectivity index (χ1n) is 9.62. The van der Waals surface area contributed by atoms with E-state index in [1.165, 1.54) is 18.2 Å². The van der Waals surface area contributed by atoms with Crippen LogP contribution in [0.2, 0.25) is 0 Å². The van der Waals surface area contributed by atoms with Crippen molar-refractivity contribution in [2.24, 2.45) is 0 Å². The number of rotatable bonds is 7. The Hall–Kier alpha value is -4.00. The number of hydrogen-bond donors (Lipinski definition) is 2. The third kappa shape index (κ3) is 5.76. The molecule has 0 aliphatic carbocycles. The summed E-state index contributed by atoms with van der Waals surface area (Å²) in [6.07, 6.45) is 0. The van der Waals surface area contributed by atoms with E-state index in [0.717, 1.165) is 11.6 Å². The predicted molar refractivity (Wildman–Crippen MR) is 114 cm³/mol. The number of benzene rings is 3. The highest BCUT2D eigenvalue weighted by atomic mass is 19.1. The van der Waals surface area contributed by atoms with Crippen LogP contribution < -0.4 is 10.6 Å². The number of hydrogen-bond acceptors (Lipinski definition) is 4. The van der Waals surface area contributed by atoms with Crippen molar-refractivity contribution in [3.05, 3.63) is 101 Å². The van der Waals surface area contributed by atoms with Crippen LogP contribution in [0.1, 0.15) is 39.2 Å². The van der Waals surface area contributed by atoms with Crippen LogP contribution in [0, 0.1) is 5.82 Å². The normalized spacial score (nSPS) is 11.3. The maximum Gasteiger partial charge on any atom is 0.341 e. The molecule has 0 aliphatic heterocycles. The highest BCUT2D eigenvalue weighted by molar-refractivity contribution is 6.04. The Balaban J connectivity index is 1.62. The molecule has 158 valence electrons. The summed E-state index contributed by atoms with van der Waals surface area (Å²) >= 11 is 0. The SMILES string of the molecule is C[C@H](NC(=O)c1ccccc1NC(=O)COC(=O)c1ccccc1F)c1ccccc1. The Morgan fingerprint density at radius 1 is 0.871 bits per heavy atom. The van der Waals surface area contributed by atoms with Crippen molar-refractivity contribution < 1.29 is 23.5 Å². The van der Waals surface area contributed by atoms with Crippen LogP contribution in [0.15, 0.2) is 78.9 Å². The Bertz CT molecular complexity index is 1090. The first-order valence-corrected chi connectivity index (χ1v) is 9.62. The fourth-order valence-electron chi connectivity index (χ4n) is 2.91. The van der Waals surface area contributed by atoms with Crippen molar-refractivity contribution >= 4 is 23.5 Å². The first kappa shape index (κ1) is 21.7. The number of ether oxygens (including phenoxy) is 1. The van der Waals surface area contributed by atoms with Gasteiger partial charge in [0.2, 0.25) is 0 Å². The van der Waals surface area contributed by atoms with Gasteiger partial charge in [0.05, 0.1) is 22.9 Å². The molecule has 2 amide bonds. The molecule has 6 nitrogen and oxygen atoms in total. The number of esters is 1. The summed E-state index contributed by atoms with van der Waals surface area (Å²) < 4.78 is 18.5. The zero-order valence-electron chi connectivity index (χ0n) is 16.8.